The average molecular weight is 457 g/mol. The molecule has 34 heavy (non-hydrogen) atoms. The van der Waals surface area contributed by atoms with Crippen LogP contribution in [0.1, 0.15) is 46.9 Å². The minimum absolute atomic E-state index is 0.116. The Morgan fingerprint density at radius 2 is 1.76 bits per heavy atom. The molecule has 2 aliphatic rings. The van der Waals surface area contributed by atoms with E-state index < -0.39 is 17.7 Å². The van der Waals surface area contributed by atoms with Crippen LogP contribution in [-0.4, -0.2) is 35.8 Å². The zero-order valence-corrected chi connectivity index (χ0v) is 19.5. The Morgan fingerprint density at radius 3 is 2.44 bits per heavy atom. The van der Waals surface area contributed by atoms with E-state index in [9.17, 15) is 14.7 Å². The molecule has 174 valence electrons. The standard InChI is InChI=1S/C28H28N2O4/c1-29(2)22-13-11-19(12-14-22)25-24(27(32)28(33)30(25)17-23-8-5-15-34-23)26(31)21-10-9-18-6-3-4-7-20(18)16-21/h5,8-16,25,31H,3-4,6-7,17H2,1-2H3/b26-24-. The summed E-state index contributed by atoms with van der Waals surface area (Å²) in [5.74, 6) is -0.873. The first kappa shape index (κ1) is 22.0. The molecule has 5 rings (SSSR count). The number of fused-ring (bicyclic) bond motifs is 1. The number of Topliss-reactive ketones (excluding diaryl/α,β-unsaturated/α-hetero) is 1. The number of hydrogen-bond donors (Lipinski definition) is 1. The van der Waals surface area contributed by atoms with Crippen molar-refractivity contribution in [2.24, 2.45) is 0 Å². The third-order valence-corrected chi connectivity index (χ3v) is 6.79. The maximum Gasteiger partial charge on any atom is 0.296 e. The van der Waals surface area contributed by atoms with Crippen LogP contribution in [0.3, 0.4) is 0 Å². The summed E-state index contributed by atoms with van der Waals surface area (Å²) >= 11 is 0. The molecule has 6 heteroatoms. The molecule has 1 saturated heterocycles. The van der Waals surface area contributed by atoms with Crippen LogP contribution in [0.2, 0.25) is 0 Å². The second kappa shape index (κ2) is 8.86. The molecule has 1 aliphatic heterocycles. The van der Waals surface area contributed by atoms with Gasteiger partial charge in [0.15, 0.2) is 0 Å². The molecule has 0 bridgehead atoms. The Hall–Kier alpha value is -3.80. The lowest BCUT2D eigenvalue weighted by molar-refractivity contribution is -0.140. The first-order valence-electron chi connectivity index (χ1n) is 11.6. The lowest BCUT2D eigenvalue weighted by atomic mass is 9.88. The normalized spacial score (nSPS) is 19.4. The number of furan rings is 1. The number of rotatable bonds is 5. The number of ketones is 1. The Balaban J connectivity index is 1.62. The smallest absolute Gasteiger partial charge is 0.296 e. The van der Waals surface area contributed by atoms with Gasteiger partial charge in [-0.2, -0.15) is 0 Å². The van der Waals surface area contributed by atoms with Crippen LogP contribution in [0, 0.1) is 0 Å². The number of aryl methyl sites for hydroxylation is 2. The number of likely N-dealkylation sites (tertiary alicyclic amines) is 1. The lowest BCUT2D eigenvalue weighted by Gasteiger charge is -2.25. The van der Waals surface area contributed by atoms with Crippen LogP contribution in [0.4, 0.5) is 5.69 Å². The quantitative estimate of drug-likeness (QED) is 0.338. The van der Waals surface area contributed by atoms with Crippen LogP contribution < -0.4 is 4.90 Å². The number of anilines is 1. The van der Waals surface area contributed by atoms with E-state index in [1.807, 2.05) is 61.5 Å². The van der Waals surface area contributed by atoms with Crippen molar-refractivity contribution in [2.75, 3.05) is 19.0 Å². The Labute approximate surface area is 199 Å². The molecule has 3 aromatic rings. The summed E-state index contributed by atoms with van der Waals surface area (Å²) in [7, 11) is 3.90. The van der Waals surface area contributed by atoms with Gasteiger partial charge in [-0.1, -0.05) is 24.3 Å². The summed E-state index contributed by atoms with van der Waals surface area (Å²) in [5, 5.41) is 11.4. The fourth-order valence-corrected chi connectivity index (χ4v) is 4.95. The molecule has 1 fully saturated rings. The number of hydrogen-bond acceptors (Lipinski definition) is 5. The summed E-state index contributed by atoms with van der Waals surface area (Å²) < 4.78 is 5.47. The van der Waals surface area contributed by atoms with Crippen molar-refractivity contribution >= 4 is 23.1 Å². The van der Waals surface area contributed by atoms with E-state index in [2.05, 4.69) is 0 Å². The average Bonchev–Trinajstić information content (AvgIpc) is 3.46. The maximum absolute atomic E-state index is 13.3. The summed E-state index contributed by atoms with van der Waals surface area (Å²) in [6.45, 7) is 0.138. The highest BCUT2D eigenvalue weighted by Crippen LogP contribution is 2.41. The fourth-order valence-electron chi connectivity index (χ4n) is 4.95. The summed E-state index contributed by atoms with van der Waals surface area (Å²) in [5.41, 5.74) is 4.94. The van der Waals surface area contributed by atoms with Gasteiger partial charge in [0.05, 0.1) is 24.4 Å². The predicted molar refractivity (Wildman–Crippen MR) is 130 cm³/mol. The minimum Gasteiger partial charge on any atom is -0.507 e. The van der Waals surface area contributed by atoms with Crippen molar-refractivity contribution in [1.29, 1.82) is 0 Å². The summed E-state index contributed by atoms with van der Waals surface area (Å²) in [6.07, 6.45) is 5.81. The zero-order valence-electron chi connectivity index (χ0n) is 19.5. The van der Waals surface area contributed by atoms with Gasteiger partial charge in [-0.25, -0.2) is 0 Å². The number of nitrogens with zero attached hydrogens (tertiary/aromatic N) is 2. The largest absolute Gasteiger partial charge is 0.507 e. The molecular weight excluding hydrogens is 428 g/mol. The zero-order chi connectivity index (χ0) is 23.8. The van der Waals surface area contributed by atoms with Gasteiger partial charge in [0.25, 0.3) is 11.7 Å². The molecule has 0 spiro atoms. The topological polar surface area (TPSA) is 74.0 Å². The van der Waals surface area contributed by atoms with Gasteiger partial charge in [0.2, 0.25) is 0 Å². The highest BCUT2D eigenvalue weighted by molar-refractivity contribution is 6.46. The van der Waals surface area contributed by atoms with Gasteiger partial charge >= 0.3 is 0 Å². The van der Waals surface area contributed by atoms with Crippen molar-refractivity contribution in [3.63, 3.8) is 0 Å². The van der Waals surface area contributed by atoms with Gasteiger partial charge in [0, 0.05) is 25.3 Å². The molecule has 1 aromatic heterocycles. The van der Waals surface area contributed by atoms with Crippen LogP contribution >= 0.6 is 0 Å². The van der Waals surface area contributed by atoms with Crippen molar-refractivity contribution in [1.82, 2.24) is 4.90 Å². The third kappa shape index (κ3) is 3.89. The van der Waals surface area contributed by atoms with Gasteiger partial charge in [0.1, 0.15) is 11.5 Å². The van der Waals surface area contributed by atoms with E-state index in [1.54, 1.807) is 18.4 Å². The van der Waals surface area contributed by atoms with Crippen LogP contribution in [-0.2, 0) is 29.0 Å². The van der Waals surface area contributed by atoms with Crippen LogP contribution in [0.25, 0.3) is 5.76 Å². The number of carbonyl (C=O) groups is 2. The highest BCUT2D eigenvalue weighted by Gasteiger charge is 2.46. The molecule has 6 nitrogen and oxygen atoms in total. The molecule has 0 radical (unpaired) electrons. The van der Waals surface area contributed by atoms with E-state index in [0.717, 1.165) is 30.5 Å². The van der Waals surface area contributed by atoms with Gasteiger partial charge in [-0.05, 0) is 72.7 Å². The molecular formula is C28H28N2O4. The third-order valence-electron chi connectivity index (χ3n) is 6.79. The maximum atomic E-state index is 13.3. The first-order chi connectivity index (χ1) is 16.4. The Morgan fingerprint density at radius 1 is 1.03 bits per heavy atom. The molecule has 2 aromatic carbocycles. The minimum atomic E-state index is -0.711. The number of carbonyl (C=O) groups excluding carboxylic acids is 2. The lowest BCUT2D eigenvalue weighted by Crippen LogP contribution is -2.29. The molecule has 1 N–H and O–H groups in total. The van der Waals surface area contributed by atoms with Gasteiger partial charge in [-0.3, -0.25) is 9.59 Å². The summed E-state index contributed by atoms with van der Waals surface area (Å²) in [6, 6.07) is 16.4. The predicted octanol–water partition coefficient (Wildman–Crippen LogP) is 4.85. The van der Waals surface area contributed by atoms with E-state index >= 15 is 0 Å². The molecule has 2 heterocycles. The molecule has 1 unspecified atom stereocenters. The van der Waals surface area contributed by atoms with E-state index in [4.69, 9.17) is 4.42 Å². The molecule has 1 aliphatic carbocycles. The SMILES string of the molecule is CN(C)c1ccc(C2/C(=C(/O)c3ccc4c(c3)CCCC4)C(=O)C(=O)N2Cc2ccco2)cc1. The van der Waals surface area contributed by atoms with Gasteiger partial charge in [-0.15, -0.1) is 0 Å². The highest BCUT2D eigenvalue weighted by atomic mass is 16.3. The molecule has 1 atom stereocenters. The second-order valence-corrected chi connectivity index (χ2v) is 9.18. The van der Waals surface area contributed by atoms with E-state index in [-0.39, 0.29) is 17.9 Å². The van der Waals surface area contributed by atoms with E-state index in [0.29, 0.717) is 11.3 Å². The van der Waals surface area contributed by atoms with Gasteiger partial charge < -0.3 is 19.3 Å². The first-order valence-corrected chi connectivity index (χ1v) is 11.6. The van der Waals surface area contributed by atoms with E-state index in [1.165, 1.54) is 22.4 Å². The molecule has 0 saturated carbocycles. The van der Waals surface area contributed by atoms with Crippen LogP contribution in [0.5, 0.6) is 0 Å². The Kier molecular flexibility index (Phi) is 5.74. The van der Waals surface area contributed by atoms with Crippen molar-refractivity contribution < 1.29 is 19.1 Å². The molecule has 1 amide bonds. The Bertz CT molecular complexity index is 1260. The summed E-state index contributed by atoms with van der Waals surface area (Å²) in [4.78, 5) is 29.9. The number of amides is 1. The number of aliphatic hydroxyl groups excluding tert-OH is 1. The second-order valence-electron chi connectivity index (χ2n) is 9.18. The van der Waals surface area contributed by atoms with Crippen molar-refractivity contribution in [2.45, 2.75) is 38.3 Å². The fraction of sp³-hybridized carbons (Fsp3) is 0.286. The van der Waals surface area contributed by atoms with Crippen molar-refractivity contribution in [3.8, 4) is 0 Å². The number of aliphatic hydroxyl groups is 1. The number of benzene rings is 2. The van der Waals surface area contributed by atoms with Crippen LogP contribution in [0.15, 0.2) is 70.9 Å². The van der Waals surface area contributed by atoms with Crippen molar-refractivity contribution in [3.05, 3.63) is 94.4 Å². The monoisotopic (exact) mass is 456 g/mol.